The van der Waals surface area contributed by atoms with Crippen LogP contribution in [0, 0.1) is 0 Å². The number of hydrogen-bond acceptors (Lipinski definition) is 7. The molecular formula is C15H19N5O2S2. The highest BCUT2D eigenvalue weighted by Gasteiger charge is 2.18. The smallest absolute Gasteiger partial charge is 0.251 e. The molecule has 1 amide bonds. The summed E-state index contributed by atoms with van der Waals surface area (Å²) in [7, 11) is 1.89. The van der Waals surface area contributed by atoms with Crippen molar-refractivity contribution in [2.45, 2.75) is 17.7 Å². The number of aryl methyl sites for hydroxylation is 1. The topological polar surface area (TPSA) is 81.9 Å². The molecule has 0 aromatic carbocycles. The first kappa shape index (κ1) is 17.1. The van der Waals surface area contributed by atoms with E-state index in [1.54, 1.807) is 36.4 Å². The molecule has 0 saturated carbocycles. The summed E-state index contributed by atoms with van der Waals surface area (Å²) in [6.07, 6.45) is 4.49. The number of nitrogens with zero attached hydrogens (tertiary/aromatic N) is 4. The lowest BCUT2D eigenvalue weighted by Crippen LogP contribution is -2.26. The summed E-state index contributed by atoms with van der Waals surface area (Å²) in [4.78, 5) is 16.4. The summed E-state index contributed by atoms with van der Waals surface area (Å²) in [6.45, 7) is 0.550. The quantitative estimate of drug-likeness (QED) is 0.590. The van der Waals surface area contributed by atoms with E-state index in [-0.39, 0.29) is 12.0 Å². The molecule has 0 radical (unpaired) electrons. The standard InChI is InChI=1S/C15H19N5O2S2/c1-20-10-18-19-15(20)24-7-5-17-14(21)11-2-4-16-13(8-11)22-12-3-6-23-9-12/h2,4,8,10,12H,3,5-7,9H2,1H3,(H,17,21). The van der Waals surface area contributed by atoms with E-state index in [1.165, 1.54) is 0 Å². The molecule has 2 aromatic rings. The van der Waals surface area contributed by atoms with Crippen molar-refractivity contribution in [1.82, 2.24) is 25.1 Å². The first-order valence-electron chi connectivity index (χ1n) is 7.68. The van der Waals surface area contributed by atoms with Crippen molar-refractivity contribution in [3.05, 3.63) is 30.2 Å². The van der Waals surface area contributed by atoms with Gasteiger partial charge in [0.15, 0.2) is 5.16 Å². The average Bonchev–Trinajstić information content (AvgIpc) is 3.24. The van der Waals surface area contributed by atoms with Gasteiger partial charge < -0.3 is 14.6 Å². The Morgan fingerprint density at radius 1 is 1.58 bits per heavy atom. The van der Waals surface area contributed by atoms with Gasteiger partial charge in [0.1, 0.15) is 12.4 Å². The molecule has 0 aliphatic carbocycles. The lowest BCUT2D eigenvalue weighted by molar-refractivity contribution is 0.0955. The van der Waals surface area contributed by atoms with Gasteiger partial charge in [-0.15, -0.1) is 10.2 Å². The SMILES string of the molecule is Cn1cnnc1SCCNC(=O)c1ccnc(OC2CCSC2)c1. The number of aromatic nitrogens is 4. The van der Waals surface area contributed by atoms with Gasteiger partial charge in [-0.25, -0.2) is 4.98 Å². The number of carbonyl (C=O) groups is 1. The molecule has 9 heteroatoms. The second-order valence-corrected chi connectivity index (χ2v) is 7.53. The minimum atomic E-state index is -0.124. The monoisotopic (exact) mass is 365 g/mol. The summed E-state index contributed by atoms with van der Waals surface area (Å²) in [5.41, 5.74) is 0.564. The third-order valence-corrected chi connectivity index (χ3v) is 5.63. The normalized spacial score (nSPS) is 17.0. The molecule has 3 heterocycles. The Bertz CT molecular complexity index is 688. The molecule has 1 atom stereocenters. The minimum Gasteiger partial charge on any atom is -0.473 e. The maximum absolute atomic E-state index is 12.2. The molecule has 1 unspecified atom stereocenters. The van der Waals surface area contributed by atoms with Crippen LogP contribution in [0.3, 0.4) is 0 Å². The number of amides is 1. The van der Waals surface area contributed by atoms with Crippen LogP contribution in [0.1, 0.15) is 16.8 Å². The summed E-state index contributed by atoms with van der Waals surface area (Å²) in [5.74, 6) is 3.22. The molecule has 0 spiro atoms. The Balaban J connectivity index is 1.46. The molecule has 128 valence electrons. The molecule has 7 nitrogen and oxygen atoms in total. The van der Waals surface area contributed by atoms with Crippen LogP contribution in [0.2, 0.25) is 0 Å². The molecular weight excluding hydrogens is 346 g/mol. The van der Waals surface area contributed by atoms with E-state index in [0.717, 1.165) is 28.8 Å². The maximum Gasteiger partial charge on any atom is 0.251 e. The zero-order valence-corrected chi connectivity index (χ0v) is 15.0. The van der Waals surface area contributed by atoms with Crippen LogP contribution in [-0.4, -0.2) is 55.6 Å². The van der Waals surface area contributed by atoms with E-state index in [4.69, 9.17) is 4.74 Å². The van der Waals surface area contributed by atoms with Crippen LogP contribution in [0.25, 0.3) is 0 Å². The van der Waals surface area contributed by atoms with Gasteiger partial charge in [0, 0.05) is 42.9 Å². The second-order valence-electron chi connectivity index (χ2n) is 5.31. The van der Waals surface area contributed by atoms with Crippen LogP contribution >= 0.6 is 23.5 Å². The van der Waals surface area contributed by atoms with E-state index < -0.39 is 0 Å². The summed E-state index contributed by atoms with van der Waals surface area (Å²) < 4.78 is 7.67. The van der Waals surface area contributed by atoms with Crippen LogP contribution in [-0.2, 0) is 7.05 Å². The Morgan fingerprint density at radius 2 is 2.50 bits per heavy atom. The van der Waals surface area contributed by atoms with E-state index >= 15 is 0 Å². The highest BCUT2D eigenvalue weighted by atomic mass is 32.2. The fraction of sp³-hybridized carbons (Fsp3) is 0.467. The van der Waals surface area contributed by atoms with Crippen molar-refractivity contribution < 1.29 is 9.53 Å². The van der Waals surface area contributed by atoms with E-state index in [0.29, 0.717) is 18.0 Å². The van der Waals surface area contributed by atoms with Crippen LogP contribution in [0.5, 0.6) is 5.88 Å². The third-order valence-electron chi connectivity index (χ3n) is 3.46. The highest BCUT2D eigenvalue weighted by Crippen LogP contribution is 2.22. The largest absolute Gasteiger partial charge is 0.473 e. The fourth-order valence-corrected chi connectivity index (χ4v) is 4.04. The van der Waals surface area contributed by atoms with Crippen molar-refractivity contribution in [2.75, 3.05) is 23.8 Å². The molecule has 2 aromatic heterocycles. The molecule has 24 heavy (non-hydrogen) atoms. The van der Waals surface area contributed by atoms with Gasteiger partial charge in [0.2, 0.25) is 5.88 Å². The molecule has 1 aliphatic heterocycles. The number of hydrogen-bond donors (Lipinski definition) is 1. The Kier molecular flexibility index (Phi) is 5.97. The lowest BCUT2D eigenvalue weighted by atomic mass is 10.2. The number of ether oxygens (including phenoxy) is 1. The Labute approximate surface area is 149 Å². The van der Waals surface area contributed by atoms with Gasteiger partial charge in [-0.3, -0.25) is 4.79 Å². The van der Waals surface area contributed by atoms with E-state index in [2.05, 4.69) is 20.5 Å². The van der Waals surface area contributed by atoms with E-state index in [1.807, 2.05) is 23.4 Å². The molecule has 1 saturated heterocycles. The van der Waals surface area contributed by atoms with Crippen molar-refractivity contribution >= 4 is 29.4 Å². The first-order valence-corrected chi connectivity index (χ1v) is 9.82. The van der Waals surface area contributed by atoms with Gasteiger partial charge >= 0.3 is 0 Å². The molecule has 1 fully saturated rings. The molecule has 1 N–H and O–H groups in total. The van der Waals surface area contributed by atoms with Crippen molar-refractivity contribution in [3.63, 3.8) is 0 Å². The van der Waals surface area contributed by atoms with Crippen molar-refractivity contribution in [2.24, 2.45) is 7.05 Å². The van der Waals surface area contributed by atoms with Crippen molar-refractivity contribution in [1.29, 1.82) is 0 Å². The zero-order valence-electron chi connectivity index (χ0n) is 13.3. The van der Waals surface area contributed by atoms with Crippen LogP contribution in [0.15, 0.2) is 29.8 Å². The average molecular weight is 365 g/mol. The summed E-state index contributed by atoms with van der Waals surface area (Å²) in [5, 5.41) is 11.5. The minimum absolute atomic E-state index is 0.124. The van der Waals surface area contributed by atoms with Crippen LogP contribution in [0.4, 0.5) is 0 Å². The maximum atomic E-state index is 12.2. The van der Waals surface area contributed by atoms with Crippen molar-refractivity contribution in [3.8, 4) is 5.88 Å². The van der Waals surface area contributed by atoms with Gasteiger partial charge in [-0.1, -0.05) is 11.8 Å². The van der Waals surface area contributed by atoms with E-state index in [9.17, 15) is 4.79 Å². The third kappa shape index (κ3) is 4.64. The van der Waals surface area contributed by atoms with Crippen LogP contribution < -0.4 is 10.1 Å². The number of carbonyl (C=O) groups excluding carboxylic acids is 1. The van der Waals surface area contributed by atoms with Gasteiger partial charge in [-0.05, 0) is 18.2 Å². The molecule has 0 bridgehead atoms. The number of rotatable bonds is 7. The zero-order chi connectivity index (χ0) is 16.8. The summed E-state index contributed by atoms with van der Waals surface area (Å²) in [6, 6.07) is 3.40. The highest BCUT2D eigenvalue weighted by molar-refractivity contribution is 7.99. The summed E-state index contributed by atoms with van der Waals surface area (Å²) >= 11 is 3.43. The van der Waals surface area contributed by atoms with Gasteiger partial charge in [0.05, 0.1) is 0 Å². The predicted octanol–water partition coefficient (Wildman–Crippen LogP) is 1.62. The van der Waals surface area contributed by atoms with Gasteiger partial charge in [0.25, 0.3) is 5.91 Å². The molecule has 1 aliphatic rings. The number of nitrogens with one attached hydrogen (secondary N) is 1. The Hall–Kier alpha value is -1.74. The predicted molar refractivity (Wildman–Crippen MR) is 94.7 cm³/mol. The number of thioether (sulfide) groups is 2. The molecule has 3 rings (SSSR count). The second kappa shape index (κ2) is 8.39. The lowest BCUT2D eigenvalue weighted by Gasteiger charge is -2.12. The number of pyridine rings is 1. The Morgan fingerprint density at radius 3 is 3.25 bits per heavy atom. The fourth-order valence-electron chi connectivity index (χ4n) is 2.20. The first-order chi connectivity index (χ1) is 11.7. The van der Waals surface area contributed by atoms with Gasteiger partial charge in [-0.2, -0.15) is 11.8 Å².